The maximum absolute atomic E-state index is 11.8. The summed E-state index contributed by atoms with van der Waals surface area (Å²) in [6.07, 6.45) is 0. The van der Waals surface area contributed by atoms with Gasteiger partial charge in [-0.15, -0.1) is 0 Å². The molecule has 0 aliphatic carbocycles. The van der Waals surface area contributed by atoms with Crippen LogP contribution in [0.1, 0.15) is 15.9 Å². The lowest BCUT2D eigenvalue weighted by Crippen LogP contribution is -2.05. The van der Waals surface area contributed by atoms with Crippen LogP contribution in [0.2, 0.25) is 5.02 Å². The second-order valence-electron chi connectivity index (χ2n) is 3.97. The van der Waals surface area contributed by atoms with Crippen molar-refractivity contribution in [3.8, 4) is 0 Å². The zero-order chi connectivity index (χ0) is 14.5. The third-order valence-electron chi connectivity index (χ3n) is 2.63. The van der Waals surface area contributed by atoms with Crippen LogP contribution in [0.25, 0.3) is 0 Å². The molecule has 2 aromatic rings. The van der Waals surface area contributed by atoms with Gasteiger partial charge >= 0.3 is 5.97 Å². The lowest BCUT2D eigenvalue weighted by atomic mass is 10.2. The molecule has 0 N–H and O–H groups in total. The van der Waals surface area contributed by atoms with Gasteiger partial charge in [-0.1, -0.05) is 29.8 Å². The smallest absolute Gasteiger partial charge is 0.338 e. The van der Waals surface area contributed by atoms with E-state index in [4.69, 9.17) is 16.3 Å². The Kier molecular flexibility index (Phi) is 4.32. The average molecular weight is 292 g/mol. The molecule has 6 heteroatoms. The minimum Gasteiger partial charge on any atom is -0.457 e. The van der Waals surface area contributed by atoms with Crippen LogP contribution in [0.5, 0.6) is 0 Å². The number of nitro benzene ring substituents is 1. The van der Waals surface area contributed by atoms with E-state index in [2.05, 4.69) is 0 Å². The van der Waals surface area contributed by atoms with Gasteiger partial charge in [0.15, 0.2) is 0 Å². The Balaban J connectivity index is 2.02. The minimum atomic E-state index is -0.556. The van der Waals surface area contributed by atoms with Crippen molar-refractivity contribution in [2.24, 2.45) is 0 Å². The van der Waals surface area contributed by atoms with E-state index in [0.717, 1.165) is 0 Å². The highest BCUT2D eigenvalue weighted by Gasteiger charge is 2.11. The Morgan fingerprint density at radius 2 is 1.80 bits per heavy atom. The molecule has 0 bridgehead atoms. The molecule has 102 valence electrons. The summed E-state index contributed by atoms with van der Waals surface area (Å²) < 4.78 is 5.10. The van der Waals surface area contributed by atoms with Gasteiger partial charge in [0.2, 0.25) is 0 Å². The third kappa shape index (κ3) is 3.33. The summed E-state index contributed by atoms with van der Waals surface area (Å²) in [5.74, 6) is -0.556. The average Bonchev–Trinajstić information content (AvgIpc) is 2.46. The molecular weight excluding hydrogens is 282 g/mol. The summed E-state index contributed by atoms with van der Waals surface area (Å²) >= 11 is 5.94. The van der Waals surface area contributed by atoms with Gasteiger partial charge in [0.25, 0.3) is 5.69 Å². The number of nitro groups is 1. The molecule has 0 aliphatic rings. The fourth-order valence-corrected chi connectivity index (χ4v) is 1.75. The summed E-state index contributed by atoms with van der Waals surface area (Å²) in [6.45, 7) is 0.0511. The van der Waals surface area contributed by atoms with E-state index >= 15 is 0 Å². The van der Waals surface area contributed by atoms with Crippen molar-refractivity contribution in [3.63, 3.8) is 0 Å². The molecule has 2 aromatic carbocycles. The Hall–Kier alpha value is -2.40. The van der Waals surface area contributed by atoms with E-state index in [-0.39, 0.29) is 17.9 Å². The summed E-state index contributed by atoms with van der Waals surface area (Å²) in [7, 11) is 0. The number of nitrogens with zero attached hydrogens (tertiary/aromatic N) is 1. The summed E-state index contributed by atoms with van der Waals surface area (Å²) in [4.78, 5) is 21.8. The zero-order valence-corrected chi connectivity index (χ0v) is 11.0. The molecule has 0 spiro atoms. The van der Waals surface area contributed by atoms with E-state index in [1.807, 2.05) is 0 Å². The van der Waals surface area contributed by atoms with Gasteiger partial charge in [-0.05, 0) is 18.2 Å². The molecule has 0 aliphatic heterocycles. The van der Waals surface area contributed by atoms with Crippen molar-refractivity contribution in [3.05, 3.63) is 74.8 Å². The van der Waals surface area contributed by atoms with Crippen molar-refractivity contribution >= 4 is 23.3 Å². The van der Waals surface area contributed by atoms with Gasteiger partial charge in [0.05, 0.1) is 10.5 Å². The maximum atomic E-state index is 11.8. The fourth-order valence-electron chi connectivity index (χ4n) is 1.56. The van der Waals surface area contributed by atoms with Crippen LogP contribution < -0.4 is 0 Å². The van der Waals surface area contributed by atoms with Crippen LogP contribution in [0.15, 0.2) is 48.5 Å². The second-order valence-corrected chi connectivity index (χ2v) is 4.38. The number of ether oxygens (including phenoxy) is 1. The number of hydrogen-bond donors (Lipinski definition) is 0. The van der Waals surface area contributed by atoms with Gasteiger partial charge in [-0.3, -0.25) is 10.1 Å². The summed E-state index contributed by atoms with van der Waals surface area (Å²) in [6, 6.07) is 12.3. The SMILES string of the molecule is O=C(OCc1ccccc1Cl)c1ccc([N+](=O)[O-])cc1. The molecule has 2 rings (SSSR count). The van der Waals surface area contributed by atoms with Crippen LogP contribution in [0, 0.1) is 10.1 Å². The van der Waals surface area contributed by atoms with Gasteiger partial charge in [0.1, 0.15) is 6.61 Å². The van der Waals surface area contributed by atoms with Crippen molar-refractivity contribution in [2.45, 2.75) is 6.61 Å². The number of carbonyl (C=O) groups excluding carboxylic acids is 1. The van der Waals surface area contributed by atoms with Crippen LogP contribution in [-0.4, -0.2) is 10.9 Å². The number of non-ortho nitro benzene ring substituents is 1. The zero-order valence-electron chi connectivity index (χ0n) is 10.3. The molecule has 0 atom stereocenters. The number of hydrogen-bond acceptors (Lipinski definition) is 4. The quantitative estimate of drug-likeness (QED) is 0.490. The predicted octanol–water partition coefficient (Wildman–Crippen LogP) is 3.61. The number of halogens is 1. The first-order chi connectivity index (χ1) is 9.58. The Labute approximate surface area is 119 Å². The molecule has 0 radical (unpaired) electrons. The van der Waals surface area contributed by atoms with Crippen LogP contribution in [-0.2, 0) is 11.3 Å². The molecule has 0 amide bonds. The number of rotatable bonds is 4. The molecule has 0 heterocycles. The fraction of sp³-hybridized carbons (Fsp3) is 0.0714. The van der Waals surface area contributed by atoms with Crippen molar-refractivity contribution in [1.29, 1.82) is 0 Å². The largest absolute Gasteiger partial charge is 0.457 e. The van der Waals surface area contributed by atoms with E-state index in [9.17, 15) is 14.9 Å². The van der Waals surface area contributed by atoms with Gasteiger partial charge < -0.3 is 4.74 Å². The molecular formula is C14H10ClNO4. The van der Waals surface area contributed by atoms with E-state index in [1.54, 1.807) is 24.3 Å². The monoisotopic (exact) mass is 291 g/mol. The normalized spacial score (nSPS) is 10.1. The van der Waals surface area contributed by atoms with Gasteiger partial charge in [-0.2, -0.15) is 0 Å². The van der Waals surface area contributed by atoms with Gasteiger partial charge in [-0.25, -0.2) is 4.79 Å². The van der Waals surface area contributed by atoms with Crippen LogP contribution >= 0.6 is 11.6 Å². The molecule has 0 saturated heterocycles. The number of benzene rings is 2. The molecule has 0 fully saturated rings. The first kappa shape index (κ1) is 14.0. The molecule has 20 heavy (non-hydrogen) atoms. The van der Waals surface area contributed by atoms with Gasteiger partial charge in [0, 0.05) is 22.7 Å². The van der Waals surface area contributed by atoms with E-state index < -0.39 is 10.9 Å². The Morgan fingerprint density at radius 1 is 1.15 bits per heavy atom. The van der Waals surface area contributed by atoms with Crippen LogP contribution in [0.4, 0.5) is 5.69 Å². The standard InChI is InChI=1S/C14H10ClNO4/c15-13-4-2-1-3-11(13)9-20-14(17)10-5-7-12(8-6-10)16(18)19/h1-8H,9H2. The second kappa shape index (κ2) is 6.16. The lowest BCUT2D eigenvalue weighted by Gasteiger charge is -2.06. The maximum Gasteiger partial charge on any atom is 0.338 e. The number of carbonyl (C=O) groups is 1. The van der Waals surface area contributed by atoms with Crippen LogP contribution in [0.3, 0.4) is 0 Å². The predicted molar refractivity (Wildman–Crippen MR) is 73.7 cm³/mol. The van der Waals surface area contributed by atoms with E-state index in [1.165, 1.54) is 24.3 Å². The first-order valence-corrected chi connectivity index (χ1v) is 6.10. The van der Waals surface area contributed by atoms with Crippen molar-refractivity contribution in [1.82, 2.24) is 0 Å². The molecule has 0 unspecified atom stereocenters. The first-order valence-electron chi connectivity index (χ1n) is 5.73. The summed E-state index contributed by atoms with van der Waals surface area (Å²) in [5.41, 5.74) is 0.875. The number of esters is 1. The van der Waals surface area contributed by atoms with E-state index in [0.29, 0.717) is 10.6 Å². The molecule has 0 aromatic heterocycles. The van der Waals surface area contributed by atoms with Crippen molar-refractivity contribution < 1.29 is 14.5 Å². The highest BCUT2D eigenvalue weighted by atomic mass is 35.5. The Bertz CT molecular complexity index is 640. The minimum absolute atomic E-state index is 0.0511. The molecule has 0 saturated carbocycles. The molecule has 5 nitrogen and oxygen atoms in total. The lowest BCUT2D eigenvalue weighted by molar-refractivity contribution is -0.384. The highest BCUT2D eigenvalue weighted by Crippen LogP contribution is 2.17. The third-order valence-corrected chi connectivity index (χ3v) is 3.00. The summed E-state index contributed by atoms with van der Waals surface area (Å²) in [5, 5.41) is 11.0. The highest BCUT2D eigenvalue weighted by molar-refractivity contribution is 6.31. The topological polar surface area (TPSA) is 69.4 Å². The Morgan fingerprint density at radius 3 is 2.40 bits per heavy atom. The van der Waals surface area contributed by atoms with Crippen molar-refractivity contribution in [2.75, 3.05) is 0 Å².